The van der Waals surface area contributed by atoms with Crippen molar-refractivity contribution >= 4 is 22.1 Å². The number of anilines is 1. The summed E-state index contributed by atoms with van der Waals surface area (Å²) in [5.74, 6) is 0. The van der Waals surface area contributed by atoms with Crippen molar-refractivity contribution in [3.05, 3.63) is 40.7 Å². The van der Waals surface area contributed by atoms with Gasteiger partial charge < -0.3 is 4.90 Å². The number of nitrogens with zero attached hydrogens (tertiary/aromatic N) is 3. The first-order valence-electron chi connectivity index (χ1n) is 8.00. The van der Waals surface area contributed by atoms with Crippen molar-refractivity contribution in [2.75, 3.05) is 11.4 Å². The number of benzene rings is 1. The largest absolute Gasteiger partial charge is 0.368 e. The zero-order chi connectivity index (χ0) is 15.5. The number of nitro groups is 1. The van der Waals surface area contributed by atoms with Gasteiger partial charge in [0.1, 0.15) is 0 Å². The molecule has 0 radical (unpaired) electrons. The molecule has 1 aromatic carbocycles. The summed E-state index contributed by atoms with van der Waals surface area (Å²) < 4.78 is 0. The maximum Gasteiger partial charge on any atom is 0.278 e. The minimum atomic E-state index is -0.329. The summed E-state index contributed by atoms with van der Waals surface area (Å²) in [4.78, 5) is 17.4. The molecule has 1 aliphatic rings. The number of aromatic nitrogens is 1. The van der Waals surface area contributed by atoms with Gasteiger partial charge in [0.15, 0.2) is 0 Å². The number of fused-ring (bicyclic) bond motifs is 1. The number of rotatable bonds is 4. The zero-order valence-corrected chi connectivity index (χ0v) is 12.9. The molecule has 0 spiro atoms. The average molecular weight is 299 g/mol. The van der Waals surface area contributed by atoms with Gasteiger partial charge in [-0.15, -0.1) is 0 Å². The van der Waals surface area contributed by atoms with E-state index < -0.39 is 0 Å². The molecular weight excluding hydrogens is 278 g/mol. The van der Waals surface area contributed by atoms with E-state index in [0.717, 1.165) is 17.6 Å². The lowest BCUT2D eigenvalue weighted by Gasteiger charge is -2.36. The minimum Gasteiger partial charge on any atom is -0.368 e. The third kappa shape index (κ3) is 2.63. The molecule has 116 valence electrons. The van der Waals surface area contributed by atoms with Gasteiger partial charge in [0.2, 0.25) is 0 Å². The van der Waals surface area contributed by atoms with Gasteiger partial charge in [0.25, 0.3) is 5.69 Å². The van der Waals surface area contributed by atoms with Crippen molar-refractivity contribution in [3.63, 3.8) is 0 Å². The molecule has 0 unspecified atom stereocenters. The van der Waals surface area contributed by atoms with Crippen LogP contribution in [0.15, 0.2) is 30.6 Å². The molecule has 0 aliphatic heterocycles. The molecule has 1 aliphatic carbocycles. The number of hydrogen-bond acceptors (Lipinski definition) is 4. The highest BCUT2D eigenvalue weighted by Crippen LogP contribution is 2.36. The minimum absolute atomic E-state index is 0.131. The molecule has 0 N–H and O–H groups in total. The van der Waals surface area contributed by atoms with Crippen molar-refractivity contribution in [3.8, 4) is 0 Å². The van der Waals surface area contributed by atoms with Crippen LogP contribution < -0.4 is 4.90 Å². The van der Waals surface area contributed by atoms with Gasteiger partial charge in [0, 0.05) is 42.1 Å². The summed E-state index contributed by atoms with van der Waals surface area (Å²) in [6, 6.07) is 5.95. The quantitative estimate of drug-likeness (QED) is 0.623. The van der Waals surface area contributed by atoms with E-state index in [1.807, 2.05) is 12.1 Å². The highest BCUT2D eigenvalue weighted by Gasteiger charge is 2.23. The molecule has 5 nitrogen and oxygen atoms in total. The first-order chi connectivity index (χ1) is 10.7. The van der Waals surface area contributed by atoms with Crippen LogP contribution in [0.1, 0.15) is 39.0 Å². The number of hydrogen-bond donors (Lipinski definition) is 0. The van der Waals surface area contributed by atoms with E-state index in [0.29, 0.717) is 11.4 Å². The summed E-state index contributed by atoms with van der Waals surface area (Å²) in [6.07, 6.45) is 9.59. The zero-order valence-electron chi connectivity index (χ0n) is 12.9. The summed E-state index contributed by atoms with van der Waals surface area (Å²) in [7, 11) is 0. The van der Waals surface area contributed by atoms with E-state index in [1.165, 1.54) is 32.1 Å². The Labute approximate surface area is 130 Å². The van der Waals surface area contributed by atoms with E-state index in [-0.39, 0.29) is 10.6 Å². The first-order valence-corrected chi connectivity index (χ1v) is 8.00. The van der Waals surface area contributed by atoms with Crippen molar-refractivity contribution in [1.29, 1.82) is 0 Å². The monoisotopic (exact) mass is 299 g/mol. The second-order valence-electron chi connectivity index (χ2n) is 5.86. The third-order valence-electron chi connectivity index (χ3n) is 4.63. The summed E-state index contributed by atoms with van der Waals surface area (Å²) in [5, 5.41) is 12.8. The van der Waals surface area contributed by atoms with E-state index in [1.54, 1.807) is 18.5 Å². The Kier molecular flexibility index (Phi) is 4.22. The average Bonchev–Trinajstić information content (AvgIpc) is 2.56. The van der Waals surface area contributed by atoms with Crippen LogP contribution in [0.2, 0.25) is 0 Å². The van der Waals surface area contributed by atoms with Crippen LogP contribution in [0, 0.1) is 10.1 Å². The van der Waals surface area contributed by atoms with Gasteiger partial charge in [-0.25, -0.2) is 0 Å². The van der Waals surface area contributed by atoms with Gasteiger partial charge in [-0.1, -0.05) is 19.3 Å². The van der Waals surface area contributed by atoms with E-state index >= 15 is 0 Å². The molecule has 0 bridgehead atoms. The Bertz CT molecular complexity index is 681. The molecule has 1 aromatic heterocycles. The molecule has 22 heavy (non-hydrogen) atoms. The Hall–Kier alpha value is -2.17. The van der Waals surface area contributed by atoms with Crippen molar-refractivity contribution < 1.29 is 4.92 Å². The molecule has 0 atom stereocenters. The number of non-ortho nitro benzene ring substituents is 1. The fourth-order valence-electron chi connectivity index (χ4n) is 3.59. The summed E-state index contributed by atoms with van der Waals surface area (Å²) in [6.45, 7) is 3.07. The van der Waals surface area contributed by atoms with Crippen LogP contribution in [-0.4, -0.2) is 22.5 Å². The molecule has 1 saturated carbocycles. The molecule has 1 fully saturated rings. The maximum atomic E-state index is 11.2. The van der Waals surface area contributed by atoms with E-state index in [2.05, 4.69) is 16.8 Å². The second kappa shape index (κ2) is 6.30. The van der Waals surface area contributed by atoms with E-state index in [9.17, 15) is 10.1 Å². The fourth-order valence-corrected chi connectivity index (χ4v) is 3.59. The predicted octanol–water partition coefficient (Wildman–Crippen LogP) is 4.30. The second-order valence-corrected chi connectivity index (χ2v) is 5.86. The van der Waals surface area contributed by atoms with Gasteiger partial charge in [-0.3, -0.25) is 15.1 Å². The summed E-state index contributed by atoms with van der Waals surface area (Å²) in [5.41, 5.74) is 1.23. The molecule has 5 heteroatoms. The van der Waals surface area contributed by atoms with Gasteiger partial charge >= 0.3 is 0 Å². The Morgan fingerprint density at radius 3 is 2.68 bits per heavy atom. The van der Waals surface area contributed by atoms with Gasteiger partial charge in [0.05, 0.1) is 10.3 Å². The van der Waals surface area contributed by atoms with Crippen LogP contribution in [0.4, 0.5) is 11.4 Å². The smallest absolute Gasteiger partial charge is 0.278 e. The fraction of sp³-hybridized carbons (Fsp3) is 0.471. The molecule has 1 heterocycles. The lowest BCUT2D eigenvalue weighted by molar-refractivity contribution is -0.383. The van der Waals surface area contributed by atoms with Crippen molar-refractivity contribution in [1.82, 2.24) is 4.98 Å². The highest BCUT2D eigenvalue weighted by atomic mass is 16.6. The van der Waals surface area contributed by atoms with Gasteiger partial charge in [-0.05, 0) is 31.9 Å². The number of pyridine rings is 1. The standard InChI is InChI=1S/C17H21N3O2/c1-2-19(13-6-4-3-5-7-13)16-8-9-17(20(21)22)15-12-18-11-10-14(15)16/h8-13H,2-7H2,1H3. The van der Waals surface area contributed by atoms with Crippen LogP contribution >= 0.6 is 0 Å². The Balaban J connectivity index is 2.09. The first kappa shape index (κ1) is 14.8. The SMILES string of the molecule is CCN(c1ccc([N+](=O)[O-])c2cnccc12)C1CCCCC1. The maximum absolute atomic E-state index is 11.2. The number of nitro benzene ring substituents is 1. The molecular formula is C17H21N3O2. The van der Waals surface area contributed by atoms with Crippen LogP contribution in [0.5, 0.6) is 0 Å². The van der Waals surface area contributed by atoms with Crippen LogP contribution in [0.3, 0.4) is 0 Å². The lowest BCUT2D eigenvalue weighted by Crippen LogP contribution is -2.36. The normalized spacial score (nSPS) is 15.9. The van der Waals surface area contributed by atoms with Gasteiger partial charge in [-0.2, -0.15) is 0 Å². The highest BCUT2D eigenvalue weighted by molar-refractivity contribution is 5.99. The molecule has 0 amide bonds. The van der Waals surface area contributed by atoms with Crippen molar-refractivity contribution in [2.45, 2.75) is 45.1 Å². The van der Waals surface area contributed by atoms with Crippen LogP contribution in [0.25, 0.3) is 10.8 Å². The Morgan fingerprint density at radius 1 is 1.23 bits per heavy atom. The predicted molar refractivity (Wildman–Crippen MR) is 88.3 cm³/mol. The topological polar surface area (TPSA) is 59.3 Å². The molecule has 0 saturated heterocycles. The summed E-state index contributed by atoms with van der Waals surface area (Å²) >= 11 is 0. The van der Waals surface area contributed by atoms with E-state index in [4.69, 9.17) is 0 Å². The third-order valence-corrected chi connectivity index (χ3v) is 4.63. The van der Waals surface area contributed by atoms with Crippen molar-refractivity contribution in [2.24, 2.45) is 0 Å². The molecule has 2 aromatic rings. The molecule has 3 rings (SSSR count). The lowest BCUT2D eigenvalue weighted by atomic mass is 9.93. The Morgan fingerprint density at radius 2 is 2.00 bits per heavy atom. The van der Waals surface area contributed by atoms with Crippen LogP contribution in [-0.2, 0) is 0 Å².